The molecule has 1 saturated carbocycles. The van der Waals surface area contributed by atoms with Crippen LogP contribution in [-0.2, 0) is 11.2 Å². The van der Waals surface area contributed by atoms with Crippen molar-refractivity contribution in [1.29, 1.82) is 0 Å². The molecule has 40 heavy (non-hydrogen) atoms. The second-order valence-corrected chi connectivity index (χ2v) is 11.5. The van der Waals surface area contributed by atoms with Gasteiger partial charge >= 0.3 is 11.7 Å². The van der Waals surface area contributed by atoms with Crippen molar-refractivity contribution in [1.82, 2.24) is 24.3 Å². The Bertz CT molecular complexity index is 1220. The van der Waals surface area contributed by atoms with Crippen LogP contribution in [0.25, 0.3) is 5.69 Å². The number of hydrogen-bond donors (Lipinski definition) is 3. The predicted octanol–water partition coefficient (Wildman–Crippen LogP) is 1.81. The molecular formula is C28H43ClN8O3. The number of hydrogen-bond acceptors (Lipinski definition) is 7. The highest BCUT2D eigenvalue weighted by atomic mass is 35.5. The second kappa shape index (κ2) is 13.1. The number of nitrogens with zero attached hydrogens (tertiary/aromatic N) is 5. The highest BCUT2D eigenvalue weighted by molar-refractivity contribution is 5.89. The third-order valence-electron chi connectivity index (χ3n) is 7.91. The molecule has 4 rings (SSSR count). The lowest BCUT2D eigenvalue weighted by Gasteiger charge is -2.37. The van der Waals surface area contributed by atoms with Gasteiger partial charge in [-0.1, -0.05) is 12.1 Å². The molecule has 11 nitrogen and oxygen atoms in total. The molecule has 1 saturated heterocycles. The van der Waals surface area contributed by atoms with Crippen LogP contribution in [0.5, 0.6) is 0 Å². The number of urea groups is 1. The highest BCUT2D eigenvalue weighted by Gasteiger charge is 2.31. The summed E-state index contributed by atoms with van der Waals surface area (Å²) in [5.74, 6) is 0.0416. The molecule has 3 amide bonds. The summed E-state index contributed by atoms with van der Waals surface area (Å²) in [5, 5.41) is 2.69. The molecule has 1 aliphatic heterocycles. The van der Waals surface area contributed by atoms with Crippen molar-refractivity contribution in [3.63, 3.8) is 0 Å². The standard InChI is InChI=1S/C28H42N8O3.ClH/c1-19(33(4)23-10-7-21(29)18-23)17-20-5-8-22(9-6-20)36-12-11-24(32-27(36)39)31-26(38)35-15-13-34(14-16-35)25(37)28(2,3)30;/h5-6,8-9,11-12,19,21,23H,7,10,13-18,29-30H2,1-4H3,(H,31,32,38,39);1H/t19?,21-,23+;/m1./s1. The first-order valence-electron chi connectivity index (χ1n) is 13.7. The molecule has 5 N–H and O–H groups in total. The van der Waals surface area contributed by atoms with Gasteiger partial charge < -0.3 is 26.2 Å². The van der Waals surface area contributed by atoms with Crippen molar-refractivity contribution >= 4 is 30.2 Å². The van der Waals surface area contributed by atoms with Gasteiger partial charge in [-0.3, -0.25) is 14.7 Å². The van der Waals surface area contributed by atoms with Gasteiger partial charge in [-0.05, 0) is 77.3 Å². The quantitative estimate of drug-likeness (QED) is 0.457. The third kappa shape index (κ3) is 7.60. The van der Waals surface area contributed by atoms with Crippen molar-refractivity contribution in [3.8, 4) is 5.69 Å². The lowest BCUT2D eigenvalue weighted by Crippen LogP contribution is -2.58. The van der Waals surface area contributed by atoms with E-state index in [0.29, 0.717) is 50.0 Å². The largest absolute Gasteiger partial charge is 0.354 e. The van der Waals surface area contributed by atoms with Gasteiger partial charge in [0.1, 0.15) is 5.82 Å². The minimum Gasteiger partial charge on any atom is -0.338 e. The van der Waals surface area contributed by atoms with Crippen LogP contribution in [0.1, 0.15) is 45.6 Å². The predicted molar refractivity (Wildman–Crippen MR) is 159 cm³/mol. The Balaban J connectivity index is 0.00000441. The minimum absolute atomic E-state index is 0. The maximum atomic E-state index is 12.7. The van der Waals surface area contributed by atoms with Crippen LogP contribution in [-0.4, -0.2) is 93.1 Å². The van der Waals surface area contributed by atoms with Crippen LogP contribution in [0.4, 0.5) is 10.6 Å². The molecular weight excluding hydrogens is 532 g/mol. The summed E-state index contributed by atoms with van der Waals surface area (Å²) in [7, 11) is 2.18. The third-order valence-corrected chi connectivity index (χ3v) is 7.91. The first-order valence-corrected chi connectivity index (χ1v) is 13.7. The van der Waals surface area contributed by atoms with E-state index in [0.717, 1.165) is 25.7 Å². The summed E-state index contributed by atoms with van der Waals surface area (Å²) in [6.07, 6.45) is 5.82. The van der Waals surface area contributed by atoms with Gasteiger partial charge in [-0.2, -0.15) is 4.98 Å². The zero-order valence-corrected chi connectivity index (χ0v) is 24.7. The maximum absolute atomic E-state index is 12.7. The molecule has 1 aliphatic carbocycles. The van der Waals surface area contributed by atoms with Gasteiger partial charge in [0.25, 0.3) is 0 Å². The van der Waals surface area contributed by atoms with Crippen LogP contribution >= 0.6 is 12.4 Å². The molecule has 0 bridgehead atoms. The molecule has 0 spiro atoms. The molecule has 220 valence electrons. The molecule has 2 fully saturated rings. The Labute approximate surface area is 242 Å². The van der Waals surface area contributed by atoms with Gasteiger partial charge in [0, 0.05) is 50.5 Å². The Hall–Kier alpha value is -2.99. The smallest absolute Gasteiger partial charge is 0.338 e. The average Bonchev–Trinajstić information content (AvgIpc) is 3.34. The van der Waals surface area contributed by atoms with Gasteiger partial charge in [0.05, 0.1) is 11.2 Å². The Morgan fingerprint density at radius 3 is 2.27 bits per heavy atom. The fourth-order valence-electron chi connectivity index (χ4n) is 5.38. The summed E-state index contributed by atoms with van der Waals surface area (Å²) in [6, 6.07) is 10.4. The fraction of sp³-hybridized carbons (Fsp3) is 0.571. The average molecular weight is 575 g/mol. The van der Waals surface area contributed by atoms with E-state index in [-0.39, 0.29) is 30.2 Å². The highest BCUT2D eigenvalue weighted by Crippen LogP contribution is 2.24. The summed E-state index contributed by atoms with van der Waals surface area (Å²) < 4.78 is 1.45. The summed E-state index contributed by atoms with van der Waals surface area (Å²) >= 11 is 0. The lowest BCUT2D eigenvalue weighted by molar-refractivity contribution is -0.137. The van der Waals surface area contributed by atoms with E-state index in [9.17, 15) is 14.4 Å². The molecule has 2 aromatic rings. The molecule has 0 radical (unpaired) electrons. The van der Waals surface area contributed by atoms with Gasteiger partial charge in [-0.25, -0.2) is 9.59 Å². The van der Waals surface area contributed by atoms with E-state index in [1.165, 1.54) is 10.1 Å². The zero-order chi connectivity index (χ0) is 28.3. The monoisotopic (exact) mass is 574 g/mol. The molecule has 2 heterocycles. The van der Waals surface area contributed by atoms with E-state index >= 15 is 0 Å². The van der Waals surface area contributed by atoms with E-state index in [2.05, 4.69) is 29.2 Å². The number of carbonyl (C=O) groups is 2. The van der Waals surface area contributed by atoms with E-state index < -0.39 is 11.2 Å². The van der Waals surface area contributed by atoms with Crippen LogP contribution in [0.2, 0.25) is 0 Å². The number of halogens is 1. The Kier molecular flexibility index (Phi) is 10.3. The number of piperazine rings is 1. The lowest BCUT2D eigenvalue weighted by atomic mass is 10.0. The molecule has 12 heteroatoms. The summed E-state index contributed by atoms with van der Waals surface area (Å²) in [4.78, 5) is 47.6. The van der Waals surface area contributed by atoms with E-state index in [4.69, 9.17) is 11.5 Å². The number of aromatic nitrogens is 2. The molecule has 1 aromatic carbocycles. The first kappa shape index (κ1) is 31.5. The van der Waals surface area contributed by atoms with Crippen molar-refractivity contribution in [2.45, 2.75) is 70.1 Å². The summed E-state index contributed by atoms with van der Waals surface area (Å²) in [6.45, 7) is 7.14. The Morgan fingerprint density at radius 1 is 1.10 bits per heavy atom. The first-order chi connectivity index (χ1) is 18.4. The number of amides is 3. The molecule has 1 aromatic heterocycles. The SMILES string of the molecule is CC(Cc1ccc(-n2ccc(NC(=O)N3CCN(C(=O)C(C)(C)N)CC3)nc2=O)cc1)N(C)[C@H]1CC[C@@H](N)C1.Cl. The normalized spacial score (nSPS) is 20.3. The maximum Gasteiger partial charge on any atom is 0.354 e. The zero-order valence-electron chi connectivity index (χ0n) is 23.9. The number of carbonyl (C=O) groups excluding carboxylic acids is 2. The number of rotatable bonds is 7. The van der Waals surface area contributed by atoms with Gasteiger partial charge in [0.2, 0.25) is 5.91 Å². The van der Waals surface area contributed by atoms with E-state index in [1.807, 2.05) is 24.3 Å². The number of benzene rings is 1. The van der Waals surface area contributed by atoms with Crippen LogP contribution in [0.3, 0.4) is 0 Å². The molecule has 2 aliphatic rings. The van der Waals surface area contributed by atoms with Crippen LogP contribution in [0.15, 0.2) is 41.3 Å². The topological polar surface area (TPSA) is 143 Å². The van der Waals surface area contributed by atoms with E-state index in [1.54, 1.807) is 35.9 Å². The number of anilines is 1. The Morgan fingerprint density at radius 2 is 1.73 bits per heavy atom. The number of nitrogens with one attached hydrogen (secondary N) is 1. The summed E-state index contributed by atoms with van der Waals surface area (Å²) in [5.41, 5.74) is 12.5. The van der Waals surface area contributed by atoms with Crippen LogP contribution in [0, 0.1) is 0 Å². The van der Waals surface area contributed by atoms with Gasteiger partial charge in [0.15, 0.2) is 0 Å². The van der Waals surface area contributed by atoms with Crippen molar-refractivity contribution in [2.24, 2.45) is 11.5 Å². The molecule has 3 atom stereocenters. The number of likely N-dealkylation sites (N-methyl/N-ethyl adjacent to an activating group) is 1. The second-order valence-electron chi connectivity index (χ2n) is 11.5. The fourth-order valence-corrected chi connectivity index (χ4v) is 5.38. The minimum atomic E-state index is -0.947. The molecule has 1 unspecified atom stereocenters. The van der Waals surface area contributed by atoms with Crippen molar-refractivity contribution in [2.75, 3.05) is 38.5 Å². The van der Waals surface area contributed by atoms with Crippen LogP contribution < -0.4 is 22.5 Å². The van der Waals surface area contributed by atoms with Crippen molar-refractivity contribution < 1.29 is 9.59 Å². The van der Waals surface area contributed by atoms with Gasteiger partial charge in [-0.15, -0.1) is 12.4 Å². The van der Waals surface area contributed by atoms with Crippen molar-refractivity contribution in [3.05, 3.63) is 52.6 Å². The number of nitrogens with two attached hydrogens (primary N) is 2.